The average Bonchev–Trinajstić information content (AvgIpc) is 1.65. The molecule has 6 aromatic heterocycles. The molecule has 0 aliphatic heterocycles. The van der Waals surface area contributed by atoms with Crippen molar-refractivity contribution in [3.63, 3.8) is 0 Å². The second-order valence-corrected chi connectivity index (χ2v) is 20.5. The Labute approximate surface area is 713 Å². The number of nitrogens with zero attached hydrogens (tertiary/aromatic N) is 16. The minimum absolute atomic E-state index is 0. The number of amides is 1. The molecular weight excluding hydrogens is 1660 g/mol. The second kappa shape index (κ2) is 75.5. The fourth-order valence-electron chi connectivity index (χ4n) is 6.62. The minimum atomic E-state index is -5.23. The van der Waals surface area contributed by atoms with Gasteiger partial charge in [-0.1, -0.05) is 184 Å². The Morgan fingerprint density at radius 2 is 1.04 bits per heavy atom. The molecule has 0 aliphatic rings. The molecule has 0 saturated heterocycles. The summed E-state index contributed by atoms with van der Waals surface area (Å²) in [7, 11) is -13.7. The van der Waals surface area contributed by atoms with Gasteiger partial charge >= 0.3 is 50.4 Å². The number of carbonyl (C=O) groups excluding carboxylic acids is 2. The summed E-state index contributed by atoms with van der Waals surface area (Å²) in [6.07, 6.45) is 15.0. The maximum atomic E-state index is 12.5. The van der Waals surface area contributed by atoms with Crippen LogP contribution in [0.3, 0.4) is 0 Å². The SMILES string of the molecule is C=CC#N.CC.CC.CC.CC.CC.N#CCCN=Nc1ccccc1.N#CCCNNc1ccccc1.NNc1ccccc1.N[N-]O.Nc1ccnn1-c1ccccc1.O=C(Cl)c1cnn2cccnc12.O=C(Nc1ccnn1-c1ccccc1)c1cnn2cccnc12.O=[S-](=O)OOS(=O)(=O)OOS(=O)(=O)OO.[Fe].[Fe].[Na+]. The van der Waals surface area contributed by atoms with Crippen LogP contribution in [0.15, 0.2) is 248 Å². The number of nitrogens with two attached hydrogens (primary N) is 3. The number of nitrogen functional groups attached to an aromatic ring is 2. The molecule has 11 aromatic rings. The number of para-hydroxylation sites is 4. The van der Waals surface area contributed by atoms with E-state index in [-0.39, 0.29) is 69.6 Å². The summed E-state index contributed by atoms with van der Waals surface area (Å²) in [5, 5.41) is 64.9. The molecule has 0 atom stereocenters. The monoisotopic (exact) mass is 1750 g/mol. The number of azo groups is 1. The number of anilines is 4. The van der Waals surface area contributed by atoms with Crippen LogP contribution in [0.4, 0.5) is 28.7 Å². The minimum Gasteiger partial charge on any atom is -0.488 e. The first kappa shape index (κ1) is 115. The van der Waals surface area contributed by atoms with Gasteiger partial charge in [-0.2, -0.15) is 63.2 Å². The number of rotatable bonds is 20. The van der Waals surface area contributed by atoms with Gasteiger partial charge in [0.05, 0.1) is 89.6 Å². The smallest absolute Gasteiger partial charge is 0.488 e. The topological polar surface area (TPSA) is 556 Å². The van der Waals surface area contributed by atoms with E-state index in [0.717, 1.165) is 28.4 Å². The standard InChI is InChI=1S/C16H12N6O.C9H9N3.C9H11N3.C9H9N3.C7H4ClN3O.C6H8N2.C3H3N.5C2H6.2Fe.H3N2O.Na.HO12S3/c23-16(13-11-19-21-10-4-8-17-15(13)21)20-14-7-9-18-22(14)12-5-2-1-3-6-12;10-9-6-7-11-12(9)8-4-2-1-3-5-8;2*10-7-4-8-11-12-9-5-2-1-3-6-9;8-6(12)5-4-10-11-3-1-2-9-7(5)11;7-8-6-4-2-1-3-5-6;1-2-3-4;5*1-2;;;1-2-3;;1-8-14(4,5)11-12-15(6,7)10-9-13(2)3/h1-11H,(H,20,23);1-7H,10H2;1-3,5-6,11-12H,4,8H2;1-3,5-6H,4,8H2;1-4H;1-5,8H,7H2;2H,1H2;5*1-2H3;;;3H,1H2;;1H/q;;;;;;;;;;;;;;-1;+1;-1. The van der Waals surface area contributed by atoms with Crippen molar-refractivity contribution >= 4 is 94.5 Å². The van der Waals surface area contributed by atoms with E-state index in [0.29, 0.717) is 60.0 Å². The van der Waals surface area contributed by atoms with Crippen molar-refractivity contribution in [3.05, 3.63) is 255 Å². The summed E-state index contributed by atoms with van der Waals surface area (Å²) in [4.78, 5) is 31.5. The predicted octanol–water partition coefficient (Wildman–Crippen LogP) is 10.4. The molecule has 1 amide bonds. The maximum Gasteiger partial charge on any atom is 1.00 e. The molecule has 0 radical (unpaired) electrons. The Morgan fingerprint density at radius 3 is 1.46 bits per heavy atom. The fourth-order valence-corrected chi connectivity index (χ4v) is 7.80. The van der Waals surface area contributed by atoms with E-state index >= 15 is 0 Å². The van der Waals surface area contributed by atoms with Gasteiger partial charge in [0.25, 0.3) is 11.1 Å². The van der Waals surface area contributed by atoms with E-state index in [2.05, 4.69) is 102 Å². The molecule has 0 bridgehead atoms. The number of hydrogen-bond donors (Lipinski definition) is 9. The summed E-state index contributed by atoms with van der Waals surface area (Å²) in [6.45, 7) is 24.3. The van der Waals surface area contributed by atoms with Crippen LogP contribution in [0.25, 0.3) is 28.3 Å². The van der Waals surface area contributed by atoms with Gasteiger partial charge in [0.1, 0.15) is 17.2 Å². The molecular formula is C69H90ClFe2N23NaO15S3-. The summed E-state index contributed by atoms with van der Waals surface area (Å²) in [6, 6.07) is 61.0. The molecule has 38 nitrogen and oxygen atoms in total. The number of halogens is 1. The number of hydrazine groups is 2. The number of benzene rings is 5. The Balaban J connectivity index is -0.000000292. The number of carbonyl (C=O) groups is 2. The number of hydrogen-bond acceptors (Lipinski definition) is 33. The molecule has 0 unspecified atom stereocenters. The average molecular weight is 1750 g/mol. The maximum absolute atomic E-state index is 12.5. The van der Waals surface area contributed by atoms with E-state index in [1.165, 1.54) is 23.0 Å². The quantitative estimate of drug-likeness (QED) is 0.00394. The van der Waals surface area contributed by atoms with Crippen molar-refractivity contribution < 1.29 is 131 Å². The Bertz CT molecular complexity index is 4700. The Morgan fingerprint density at radius 1 is 0.623 bits per heavy atom. The fraction of sp³-hybridized carbons (Fsp3) is 0.203. The van der Waals surface area contributed by atoms with Crippen LogP contribution >= 0.6 is 11.6 Å². The van der Waals surface area contributed by atoms with Gasteiger partial charge in [-0.05, 0) is 84.4 Å². The third kappa shape index (κ3) is 52.2. The zero-order valence-corrected chi connectivity index (χ0v) is 71.3. The van der Waals surface area contributed by atoms with Crippen molar-refractivity contribution in [1.82, 2.24) is 54.2 Å². The zero-order valence-electron chi connectivity index (χ0n) is 63.9. The van der Waals surface area contributed by atoms with Crippen LogP contribution in [-0.2, 0) is 96.0 Å². The molecule has 0 fully saturated rings. The van der Waals surface area contributed by atoms with E-state index in [1.807, 2.05) is 233 Å². The number of nitriles is 3. The van der Waals surface area contributed by atoms with Gasteiger partial charge in [0.2, 0.25) is 0 Å². The van der Waals surface area contributed by atoms with Crippen molar-refractivity contribution in [1.29, 1.82) is 15.8 Å². The predicted molar refractivity (Wildman–Crippen MR) is 421 cm³/mol. The van der Waals surface area contributed by atoms with Crippen LogP contribution < -0.4 is 68.6 Å². The van der Waals surface area contributed by atoms with Crippen LogP contribution in [0.2, 0.25) is 0 Å². The van der Waals surface area contributed by atoms with Crippen LogP contribution in [0, 0.1) is 34.0 Å². The molecule has 0 spiro atoms. The number of allylic oxidation sites excluding steroid dienone is 1. The summed E-state index contributed by atoms with van der Waals surface area (Å²) in [5.41, 5.74) is 22.5. The van der Waals surface area contributed by atoms with Crippen LogP contribution in [0.5, 0.6) is 0 Å². The van der Waals surface area contributed by atoms with Crippen molar-refractivity contribution in [2.24, 2.45) is 21.9 Å². The Kier molecular flexibility index (Phi) is 76.0. The summed E-state index contributed by atoms with van der Waals surface area (Å²) in [5.74, 6) is 10.1. The van der Waals surface area contributed by atoms with Gasteiger partial charge in [0.15, 0.2) is 11.3 Å². The molecule has 0 aliphatic carbocycles. The van der Waals surface area contributed by atoms with Gasteiger partial charge in [0, 0.05) is 101 Å². The van der Waals surface area contributed by atoms with Gasteiger partial charge in [-0.15, -0.1) is 0 Å². The first-order chi connectivity index (χ1) is 53.8. The molecule has 12 N–H and O–H groups in total. The third-order valence-corrected chi connectivity index (χ3v) is 12.1. The molecule has 11 rings (SSSR count). The largest absolute Gasteiger partial charge is 1.00 e. The van der Waals surface area contributed by atoms with Crippen molar-refractivity contribution in [2.75, 3.05) is 35.0 Å². The number of fused-ring (bicyclic) bond motifs is 2. The molecule has 614 valence electrons. The van der Waals surface area contributed by atoms with Crippen LogP contribution in [0.1, 0.15) is 103 Å². The summed E-state index contributed by atoms with van der Waals surface area (Å²) >= 11 is 5.29. The molecule has 0 saturated carbocycles. The molecule has 5 aromatic carbocycles. The first-order valence-corrected chi connectivity index (χ1v) is 36.8. The van der Waals surface area contributed by atoms with E-state index in [1.54, 1.807) is 81.4 Å². The normalized spacial score (nSPS) is 9.20. The number of nitrogens with one attached hydrogen (secondary N) is 4. The van der Waals surface area contributed by atoms with Gasteiger partial charge in [-0.3, -0.25) is 19.8 Å². The van der Waals surface area contributed by atoms with E-state index < -0.39 is 37.0 Å². The first-order valence-electron chi connectivity index (χ1n) is 32.8. The van der Waals surface area contributed by atoms with Gasteiger partial charge < -0.3 is 47.0 Å². The van der Waals surface area contributed by atoms with Gasteiger partial charge in [-0.25, -0.2) is 39.0 Å². The van der Waals surface area contributed by atoms with Crippen molar-refractivity contribution in [3.8, 4) is 29.6 Å². The van der Waals surface area contributed by atoms with Crippen LogP contribution in [-0.4, -0.2) is 100 Å². The molecule has 45 heteroatoms. The Hall–Kier alpha value is -10.2. The number of aromatic nitrogens is 10. The molecule has 114 heavy (non-hydrogen) atoms. The third-order valence-electron chi connectivity index (χ3n) is 10.7. The summed E-state index contributed by atoms with van der Waals surface area (Å²) < 4.78 is 81.1. The molecule has 6 heterocycles. The van der Waals surface area contributed by atoms with Crippen molar-refractivity contribution in [2.45, 2.75) is 82.1 Å². The van der Waals surface area contributed by atoms with E-state index in [9.17, 15) is 34.8 Å². The zero-order chi connectivity index (χ0) is 83.9. The second-order valence-electron chi connectivity index (χ2n) is 17.4. The van der Waals surface area contributed by atoms with E-state index in [4.69, 9.17) is 49.4 Å².